The number of hydrogen-bond donors (Lipinski definition) is 3. The van der Waals surface area contributed by atoms with Crippen LogP contribution in [0, 0.1) is 12.8 Å². The number of benzene rings is 4. The van der Waals surface area contributed by atoms with E-state index in [0.717, 1.165) is 89.3 Å². The molecule has 7 heteroatoms. The molecule has 1 heterocycles. The highest BCUT2D eigenvalue weighted by molar-refractivity contribution is 6.30. The number of carbonyl (C=O) groups is 1. The Morgan fingerprint density at radius 1 is 0.870 bits per heavy atom. The Morgan fingerprint density at radius 2 is 1.48 bits per heavy atom. The van der Waals surface area contributed by atoms with E-state index in [1.165, 1.54) is 12.0 Å². The van der Waals surface area contributed by atoms with Crippen LogP contribution in [0.4, 0.5) is 17.1 Å². The highest BCUT2D eigenvalue weighted by Crippen LogP contribution is 2.34. The molecule has 0 atom stereocenters. The molecule has 54 heavy (non-hydrogen) atoms. The quantitative estimate of drug-likeness (QED) is 0.123. The van der Waals surface area contributed by atoms with E-state index in [4.69, 9.17) is 11.6 Å². The van der Waals surface area contributed by atoms with Crippen LogP contribution in [0.1, 0.15) is 98.8 Å². The van der Waals surface area contributed by atoms with Crippen LogP contribution in [0.15, 0.2) is 61.4 Å². The number of aldehydes is 1. The summed E-state index contributed by atoms with van der Waals surface area (Å²) < 4.78 is 0. The van der Waals surface area contributed by atoms with Crippen molar-refractivity contribution in [2.75, 3.05) is 24.7 Å². The second-order valence-corrected chi connectivity index (χ2v) is 13.8. The van der Waals surface area contributed by atoms with Crippen LogP contribution < -0.4 is 31.6 Å². The maximum absolute atomic E-state index is 10.6. The standard InChI is InChI=1S/C26H26N4O.C9H9Cl.C8H19N.2C2H6/c1-5-19-16(3)23-21(27-4)14-22(26-24(23)25(20(19)6-2)28-15-29-26)30-18-11-9-17(10-12-18)8-7-13-31;1-3-8-6-9(10)5-4-7(8)2;1-7(2)6-8(3,4)9-5;2*1-2/h5-6,9-15,27,30H,3,7-8H2,1-2,4H3;3-6H,1H2,2H3;7,9H,6H2,1-5H3;2*1-2H3/b19-5-,20-6+;;;;. The molecule has 0 unspecified atom stereocenters. The Balaban J connectivity index is 0.000000519. The first kappa shape index (κ1) is 47.5. The average Bonchev–Trinajstić information content (AvgIpc) is 3.18. The minimum atomic E-state index is 0.314. The number of nitrogens with one attached hydrogen (secondary N) is 3. The molecule has 0 aliphatic rings. The largest absolute Gasteiger partial charge is 0.388 e. The summed E-state index contributed by atoms with van der Waals surface area (Å²) in [6.07, 6.45) is 11.1. The van der Waals surface area contributed by atoms with Crippen LogP contribution in [-0.4, -0.2) is 35.9 Å². The number of carbonyl (C=O) groups excluding carboxylic acids is 1. The monoisotopic (exact) mass is 751 g/mol. The lowest BCUT2D eigenvalue weighted by Crippen LogP contribution is -2.39. The van der Waals surface area contributed by atoms with Crippen LogP contribution in [-0.2, 0) is 11.2 Å². The first-order valence-corrected chi connectivity index (χ1v) is 19.6. The van der Waals surface area contributed by atoms with Gasteiger partial charge in [0.2, 0.25) is 0 Å². The Morgan fingerprint density at radius 3 is 1.96 bits per heavy atom. The number of nitrogens with zero attached hydrogens (tertiary/aromatic N) is 2. The van der Waals surface area contributed by atoms with Crippen LogP contribution in [0.5, 0.6) is 0 Å². The fourth-order valence-electron chi connectivity index (χ4n) is 6.19. The van der Waals surface area contributed by atoms with Crippen molar-refractivity contribution in [2.24, 2.45) is 5.92 Å². The second kappa shape index (κ2) is 24.0. The molecule has 0 fully saturated rings. The van der Waals surface area contributed by atoms with Crippen LogP contribution in [0.25, 0.3) is 46.6 Å². The number of hydrogen-bond acceptors (Lipinski definition) is 6. The molecule has 4 aromatic carbocycles. The third-order valence-corrected chi connectivity index (χ3v) is 9.00. The molecule has 0 radical (unpaired) electrons. The number of aromatic nitrogens is 2. The van der Waals surface area contributed by atoms with E-state index in [2.05, 4.69) is 85.0 Å². The molecule has 292 valence electrons. The zero-order chi connectivity index (χ0) is 41.0. The van der Waals surface area contributed by atoms with Gasteiger partial charge in [-0.25, -0.2) is 9.97 Å². The van der Waals surface area contributed by atoms with E-state index >= 15 is 0 Å². The van der Waals surface area contributed by atoms with Gasteiger partial charge in [0.25, 0.3) is 0 Å². The van der Waals surface area contributed by atoms with Crippen LogP contribution >= 0.6 is 11.6 Å². The Kier molecular flexibility index (Phi) is 21.1. The van der Waals surface area contributed by atoms with Crippen molar-refractivity contribution in [3.8, 4) is 0 Å². The smallest absolute Gasteiger partial charge is 0.120 e. The van der Waals surface area contributed by atoms with Crippen molar-refractivity contribution in [3.05, 3.63) is 98.8 Å². The first-order chi connectivity index (χ1) is 25.8. The highest BCUT2D eigenvalue weighted by Gasteiger charge is 2.17. The molecule has 0 aliphatic heterocycles. The Hall–Kier alpha value is -4.52. The Bertz CT molecular complexity index is 2090. The minimum absolute atomic E-state index is 0.314. The third kappa shape index (κ3) is 13.1. The molecule has 6 nitrogen and oxygen atoms in total. The molecule has 0 aliphatic carbocycles. The maximum Gasteiger partial charge on any atom is 0.120 e. The van der Waals surface area contributed by atoms with E-state index in [1.54, 1.807) is 12.4 Å². The summed E-state index contributed by atoms with van der Waals surface area (Å²) in [5, 5.41) is 16.1. The summed E-state index contributed by atoms with van der Waals surface area (Å²) in [6, 6.07) is 16.0. The van der Waals surface area contributed by atoms with Crippen LogP contribution in [0.2, 0.25) is 5.02 Å². The van der Waals surface area contributed by atoms with Gasteiger partial charge in [-0.15, -0.1) is 0 Å². The summed E-state index contributed by atoms with van der Waals surface area (Å²) in [6.45, 7) is 31.1. The van der Waals surface area contributed by atoms with Gasteiger partial charge in [0.15, 0.2) is 0 Å². The van der Waals surface area contributed by atoms with Gasteiger partial charge in [0, 0.05) is 51.4 Å². The van der Waals surface area contributed by atoms with Gasteiger partial charge in [0.1, 0.15) is 12.6 Å². The molecule has 1 aromatic heterocycles. The summed E-state index contributed by atoms with van der Waals surface area (Å²) >= 11 is 5.75. The van der Waals surface area contributed by atoms with Crippen molar-refractivity contribution in [2.45, 2.75) is 101 Å². The van der Waals surface area contributed by atoms with E-state index in [-0.39, 0.29) is 0 Å². The lowest BCUT2D eigenvalue weighted by molar-refractivity contribution is -0.107. The third-order valence-electron chi connectivity index (χ3n) is 8.77. The summed E-state index contributed by atoms with van der Waals surface area (Å²) in [4.78, 5) is 19.9. The molecule has 5 rings (SSSR count). The molecule has 5 aromatic rings. The number of anilines is 3. The first-order valence-electron chi connectivity index (χ1n) is 19.2. The zero-order valence-electron chi connectivity index (χ0n) is 35.3. The van der Waals surface area contributed by atoms with Crippen LogP contribution in [0.3, 0.4) is 0 Å². The van der Waals surface area contributed by atoms with Crippen molar-refractivity contribution in [1.29, 1.82) is 0 Å². The normalized spacial score (nSPS) is 11.3. The van der Waals surface area contributed by atoms with Gasteiger partial charge in [-0.3, -0.25) is 0 Å². The molecule has 0 spiro atoms. The molecular weight excluding hydrogens is 686 g/mol. The lowest BCUT2D eigenvalue weighted by atomic mass is 9.93. The van der Waals surface area contributed by atoms with E-state index in [9.17, 15) is 4.79 Å². The highest BCUT2D eigenvalue weighted by atomic mass is 35.5. The lowest BCUT2D eigenvalue weighted by Gasteiger charge is -2.25. The number of rotatable bonds is 10. The predicted octanol–water partition coefficient (Wildman–Crippen LogP) is 10.8. The fourth-order valence-corrected chi connectivity index (χ4v) is 6.37. The summed E-state index contributed by atoms with van der Waals surface area (Å²) in [5.41, 5.74) is 8.39. The van der Waals surface area contributed by atoms with E-state index < -0.39 is 0 Å². The average molecular weight is 753 g/mol. The van der Waals surface area contributed by atoms with E-state index in [0.29, 0.717) is 12.0 Å². The van der Waals surface area contributed by atoms with Gasteiger partial charge in [-0.1, -0.05) is 103 Å². The topological polar surface area (TPSA) is 78.9 Å². The molecular formula is C47H66ClN5O. The van der Waals surface area contributed by atoms with Gasteiger partial charge in [-0.05, 0) is 118 Å². The summed E-state index contributed by atoms with van der Waals surface area (Å²) in [7, 11) is 3.93. The zero-order valence-corrected chi connectivity index (χ0v) is 36.1. The second-order valence-electron chi connectivity index (χ2n) is 13.4. The van der Waals surface area contributed by atoms with Crippen molar-refractivity contribution < 1.29 is 4.79 Å². The summed E-state index contributed by atoms with van der Waals surface area (Å²) in [5.74, 6) is 0.785. The molecule has 0 amide bonds. The van der Waals surface area contributed by atoms with Gasteiger partial charge in [0.05, 0.1) is 16.7 Å². The van der Waals surface area contributed by atoms with Crippen molar-refractivity contribution in [3.63, 3.8) is 0 Å². The van der Waals surface area contributed by atoms with Crippen molar-refractivity contribution in [1.82, 2.24) is 15.3 Å². The van der Waals surface area contributed by atoms with Gasteiger partial charge < -0.3 is 20.7 Å². The maximum atomic E-state index is 10.6. The number of aryl methyl sites for hydroxylation is 2. The molecule has 0 saturated carbocycles. The Labute approximate surface area is 330 Å². The number of halogens is 1. The predicted molar refractivity (Wildman–Crippen MR) is 243 cm³/mol. The van der Waals surface area contributed by atoms with E-state index in [1.807, 2.05) is 105 Å². The molecule has 0 bridgehead atoms. The molecule has 0 saturated heterocycles. The van der Waals surface area contributed by atoms with Gasteiger partial charge >= 0.3 is 0 Å². The van der Waals surface area contributed by atoms with Crippen molar-refractivity contribution >= 4 is 81.6 Å². The minimum Gasteiger partial charge on any atom is -0.388 e. The molecule has 3 N–H and O–H groups in total. The fraction of sp³-hybridized carbons (Fsp3) is 0.383. The van der Waals surface area contributed by atoms with Gasteiger partial charge in [-0.2, -0.15) is 0 Å². The SMILES string of the molecule is C=Cc1cc(Cl)ccc1C.C=c1c(=C/C)/c(=C\C)c2ncnc3c(Nc4ccc(CCC=O)cc4)cc(NC)c1c32.CC.CC.CNC(C)(C)CC(C)C.